The molecule has 0 bridgehead atoms. The smallest absolute Gasteiger partial charge is 0.191 e. The van der Waals surface area contributed by atoms with Crippen molar-refractivity contribution in [1.29, 1.82) is 0 Å². The van der Waals surface area contributed by atoms with E-state index < -0.39 is 0 Å². The summed E-state index contributed by atoms with van der Waals surface area (Å²) in [5.41, 5.74) is 8.38. The first-order chi connectivity index (χ1) is 11.2. The number of likely N-dealkylation sites (tertiary alicyclic amines) is 1. The topological polar surface area (TPSA) is 54.5 Å². The van der Waals surface area contributed by atoms with Crippen LogP contribution in [-0.4, -0.2) is 35.5 Å². The molecule has 0 amide bonds. The van der Waals surface area contributed by atoms with Crippen LogP contribution in [0.5, 0.6) is 0 Å². The number of hydrogen-bond donors (Lipinski definition) is 1. The van der Waals surface area contributed by atoms with Gasteiger partial charge in [-0.25, -0.2) is 4.98 Å². The predicted molar refractivity (Wildman–Crippen MR) is 113 cm³/mol. The Labute approximate surface area is 165 Å². The van der Waals surface area contributed by atoms with Gasteiger partial charge in [-0.2, -0.15) is 0 Å². The molecule has 2 aromatic rings. The normalized spacial score (nSPS) is 16.0. The minimum atomic E-state index is 0. The average Bonchev–Trinajstić information content (AvgIpc) is 3.05. The lowest BCUT2D eigenvalue weighted by atomic mass is 10.00. The van der Waals surface area contributed by atoms with Crippen LogP contribution in [0.4, 0.5) is 0 Å². The van der Waals surface area contributed by atoms with Gasteiger partial charge in [0, 0.05) is 37.0 Å². The van der Waals surface area contributed by atoms with Crippen molar-refractivity contribution in [3.8, 4) is 10.6 Å². The number of rotatable bonds is 4. The molecule has 1 saturated heterocycles. The molecule has 0 saturated carbocycles. The minimum Gasteiger partial charge on any atom is -0.370 e. The molecular weight excluding hydrogens is 431 g/mol. The van der Waals surface area contributed by atoms with Crippen LogP contribution in [0.25, 0.3) is 10.6 Å². The van der Waals surface area contributed by atoms with Crippen LogP contribution in [0.1, 0.15) is 25.5 Å². The number of nitrogens with two attached hydrogens (primary N) is 1. The Kier molecular flexibility index (Phi) is 7.48. The Bertz CT molecular complexity index is 648. The van der Waals surface area contributed by atoms with Crippen LogP contribution in [0.15, 0.2) is 40.7 Å². The van der Waals surface area contributed by atoms with Crippen LogP contribution < -0.4 is 5.73 Å². The Morgan fingerprint density at radius 3 is 2.71 bits per heavy atom. The molecule has 6 heteroatoms. The number of aromatic nitrogens is 1. The van der Waals surface area contributed by atoms with Crippen molar-refractivity contribution < 1.29 is 0 Å². The van der Waals surface area contributed by atoms with Crippen molar-refractivity contribution in [1.82, 2.24) is 9.88 Å². The van der Waals surface area contributed by atoms with E-state index in [0.717, 1.165) is 36.1 Å². The fourth-order valence-electron chi connectivity index (χ4n) is 2.76. The van der Waals surface area contributed by atoms with Gasteiger partial charge in [0.15, 0.2) is 5.96 Å². The molecule has 2 N–H and O–H groups in total. The zero-order valence-corrected chi connectivity index (χ0v) is 17.2. The monoisotopic (exact) mass is 456 g/mol. The number of benzene rings is 1. The van der Waals surface area contributed by atoms with Crippen LogP contribution in [-0.2, 0) is 6.42 Å². The predicted octanol–water partition coefficient (Wildman–Crippen LogP) is 4.02. The summed E-state index contributed by atoms with van der Waals surface area (Å²) in [6, 6.07) is 10.3. The Morgan fingerprint density at radius 1 is 1.29 bits per heavy atom. The molecule has 1 aromatic carbocycles. The summed E-state index contributed by atoms with van der Waals surface area (Å²) in [6.07, 6.45) is 3.26. The Morgan fingerprint density at radius 2 is 2.00 bits per heavy atom. The van der Waals surface area contributed by atoms with Crippen molar-refractivity contribution >= 4 is 41.3 Å². The number of hydrogen-bond acceptors (Lipinski definition) is 3. The summed E-state index contributed by atoms with van der Waals surface area (Å²) in [4.78, 5) is 11.4. The summed E-state index contributed by atoms with van der Waals surface area (Å²) in [7, 11) is 0. The third kappa shape index (κ3) is 5.17. The van der Waals surface area contributed by atoms with Gasteiger partial charge in [0.2, 0.25) is 0 Å². The van der Waals surface area contributed by atoms with E-state index in [1.807, 2.05) is 18.2 Å². The molecule has 0 unspecified atom stereocenters. The van der Waals surface area contributed by atoms with E-state index >= 15 is 0 Å². The number of piperidine rings is 1. The van der Waals surface area contributed by atoms with E-state index in [-0.39, 0.29) is 24.0 Å². The van der Waals surface area contributed by atoms with Crippen molar-refractivity contribution in [2.75, 3.05) is 19.6 Å². The highest BCUT2D eigenvalue weighted by molar-refractivity contribution is 14.0. The average molecular weight is 456 g/mol. The van der Waals surface area contributed by atoms with Gasteiger partial charge in [-0.05, 0) is 18.8 Å². The lowest BCUT2D eigenvalue weighted by molar-refractivity contribution is 0.277. The molecule has 130 valence electrons. The van der Waals surface area contributed by atoms with E-state index in [0.29, 0.717) is 12.5 Å². The standard InChI is InChI=1S/C18H24N4S.HI/c1-14-8-11-22(12-9-14)18(19)20-10-7-16-13-23-17(21-16)15-5-3-2-4-6-15;/h2-6,13-14H,7-12H2,1H3,(H2,19,20);1H. The molecule has 1 aliphatic rings. The largest absolute Gasteiger partial charge is 0.370 e. The highest BCUT2D eigenvalue weighted by atomic mass is 127. The van der Waals surface area contributed by atoms with Gasteiger partial charge in [0.05, 0.1) is 5.69 Å². The van der Waals surface area contributed by atoms with Gasteiger partial charge in [-0.3, -0.25) is 4.99 Å². The summed E-state index contributed by atoms with van der Waals surface area (Å²) in [5, 5.41) is 3.19. The molecule has 0 spiro atoms. The second-order valence-electron chi connectivity index (χ2n) is 6.17. The minimum absolute atomic E-state index is 0. The zero-order chi connectivity index (χ0) is 16.1. The third-order valence-electron chi connectivity index (χ3n) is 4.32. The summed E-state index contributed by atoms with van der Waals surface area (Å²) in [5.74, 6) is 1.50. The first kappa shape index (κ1) is 19.2. The van der Waals surface area contributed by atoms with Crippen LogP contribution in [0.3, 0.4) is 0 Å². The third-order valence-corrected chi connectivity index (χ3v) is 5.26. The molecule has 1 fully saturated rings. The summed E-state index contributed by atoms with van der Waals surface area (Å²) >= 11 is 1.69. The van der Waals surface area contributed by atoms with Crippen LogP contribution >= 0.6 is 35.3 Å². The van der Waals surface area contributed by atoms with Gasteiger partial charge in [0.25, 0.3) is 0 Å². The maximum absolute atomic E-state index is 6.11. The number of aliphatic imine (C=N–C) groups is 1. The van der Waals surface area contributed by atoms with Crippen LogP contribution in [0, 0.1) is 5.92 Å². The SMILES string of the molecule is CC1CCN(C(N)=NCCc2csc(-c3ccccc3)n2)CC1.I. The van der Waals surface area contributed by atoms with E-state index in [1.54, 1.807) is 11.3 Å². The molecule has 2 heterocycles. The van der Waals surface area contributed by atoms with Crippen molar-refractivity contribution in [2.24, 2.45) is 16.6 Å². The molecule has 24 heavy (non-hydrogen) atoms. The molecule has 4 nitrogen and oxygen atoms in total. The first-order valence-corrected chi connectivity index (χ1v) is 9.15. The highest BCUT2D eigenvalue weighted by Crippen LogP contribution is 2.23. The fraction of sp³-hybridized carbons (Fsp3) is 0.444. The van der Waals surface area contributed by atoms with E-state index in [4.69, 9.17) is 10.7 Å². The molecular formula is C18H25IN4S. The molecule has 1 aliphatic heterocycles. The number of thiazole rings is 1. The zero-order valence-electron chi connectivity index (χ0n) is 14.0. The number of halogens is 1. The number of guanidine groups is 1. The van der Waals surface area contributed by atoms with Gasteiger partial charge < -0.3 is 10.6 Å². The molecule has 3 rings (SSSR count). The second kappa shape index (κ2) is 9.36. The van der Waals surface area contributed by atoms with E-state index in [1.165, 1.54) is 18.4 Å². The van der Waals surface area contributed by atoms with Gasteiger partial charge >= 0.3 is 0 Å². The Balaban J connectivity index is 0.00000208. The first-order valence-electron chi connectivity index (χ1n) is 8.27. The van der Waals surface area contributed by atoms with Crippen LogP contribution in [0.2, 0.25) is 0 Å². The van der Waals surface area contributed by atoms with Gasteiger partial charge in [-0.1, -0.05) is 37.3 Å². The van der Waals surface area contributed by atoms with E-state index in [9.17, 15) is 0 Å². The molecule has 0 aliphatic carbocycles. The lowest BCUT2D eigenvalue weighted by Crippen LogP contribution is -2.42. The molecule has 0 radical (unpaired) electrons. The van der Waals surface area contributed by atoms with Crippen molar-refractivity contribution in [2.45, 2.75) is 26.2 Å². The van der Waals surface area contributed by atoms with E-state index in [2.05, 4.69) is 34.3 Å². The summed E-state index contributed by atoms with van der Waals surface area (Å²) in [6.45, 7) is 5.07. The quantitative estimate of drug-likeness (QED) is 0.430. The lowest BCUT2D eigenvalue weighted by Gasteiger charge is -2.31. The van der Waals surface area contributed by atoms with Gasteiger partial charge in [-0.15, -0.1) is 35.3 Å². The summed E-state index contributed by atoms with van der Waals surface area (Å²) < 4.78 is 0. The maximum Gasteiger partial charge on any atom is 0.191 e. The van der Waals surface area contributed by atoms with Crippen molar-refractivity contribution in [3.63, 3.8) is 0 Å². The fourth-order valence-corrected chi connectivity index (χ4v) is 3.62. The molecule has 1 aromatic heterocycles. The van der Waals surface area contributed by atoms with Gasteiger partial charge in [0.1, 0.15) is 5.01 Å². The Hall–Kier alpha value is -1.15. The highest BCUT2D eigenvalue weighted by Gasteiger charge is 2.16. The van der Waals surface area contributed by atoms with Crippen molar-refractivity contribution in [3.05, 3.63) is 41.4 Å². The maximum atomic E-state index is 6.11. The second-order valence-corrected chi connectivity index (χ2v) is 7.03. The molecule has 0 atom stereocenters. The number of nitrogens with zero attached hydrogens (tertiary/aromatic N) is 3.